The molecule has 2 fully saturated rings. The molecule has 3 rings (SSSR count). The van der Waals surface area contributed by atoms with Gasteiger partial charge in [0.1, 0.15) is 5.60 Å². The molecule has 1 saturated carbocycles. The Bertz CT molecular complexity index is 502. The Balaban J connectivity index is 1.51. The van der Waals surface area contributed by atoms with Crippen molar-refractivity contribution in [3.8, 4) is 0 Å². The normalized spacial score (nSPS) is 30.2. The first kappa shape index (κ1) is 15.8. The van der Waals surface area contributed by atoms with Crippen LogP contribution < -0.4 is 5.32 Å². The highest BCUT2D eigenvalue weighted by atomic mass is 32.2. The van der Waals surface area contributed by atoms with Crippen LogP contribution in [0.5, 0.6) is 0 Å². The summed E-state index contributed by atoms with van der Waals surface area (Å²) < 4.78 is 11.7. The summed E-state index contributed by atoms with van der Waals surface area (Å²) in [6.45, 7) is 3.47. The van der Waals surface area contributed by atoms with E-state index in [-0.39, 0.29) is 23.7 Å². The molecule has 1 spiro atoms. The van der Waals surface area contributed by atoms with Crippen molar-refractivity contribution in [2.75, 3.05) is 19.0 Å². The second kappa shape index (κ2) is 7.02. The molecular formula is C17H23NO3S. The van der Waals surface area contributed by atoms with Gasteiger partial charge in [0.2, 0.25) is 5.91 Å². The summed E-state index contributed by atoms with van der Waals surface area (Å²) >= 11 is 1.56. The van der Waals surface area contributed by atoms with E-state index in [1.165, 1.54) is 0 Å². The minimum atomic E-state index is -0.275. The maximum absolute atomic E-state index is 12.2. The van der Waals surface area contributed by atoms with E-state index >= 15 is 0 Å². The van der Waals surface area contributed by atoms with E-state index in [0.29, 0.717) is 12.4 Å². The predicted octanol–water partition coefficient (Wildman–Crippen LogP) is 2.62. The molecule has 22 heavy (non-hydrogen) atoms. The highest BCUT2D eigenvalue weighted by Crippen LogP contribution is 2.45. The molecular weight excluding hydrogens is 298 g/mol. The van der Waals surface area contributed by atoms with Crippen molar-refractivity contribution < 1.29 is 14.3 Å². The van der Waals surface area contributed by atoms with Gasteiger partial charge in [-0.15, -0.1) is 11.8 Å². The van der Waals surface area contributed by atoms with Crippen LogP contribution in [-0.2, 0) is 14.3 Å². The lowest BCUT2D eigenvalue weighted by Crippen LogP contribution is -2.69. The van der Waals surface area contributed by atoms with Gasteiger partial charge in [-0.1, -0.05) is 18.2 Å². The van der Waals surface area contributed by atoms with Crippen LogP contribution in [0.4, 0.5) is 0 Å². The van der Waals surface area contributed by atoms with E-state index in [1.807, 2.05) is 37.3 Å². The van der Waals surface area contributed by atoms with Gasteiger partial charge in [-0.05, 0) is 38.3 Å². The second-order valence-corrected chi connectivity index (χ2v) is 6.86. The molecule has 1 heterocycles. The molecule has 1 aliphatic heterocycles. The number of nitrogens with one attached hydrogen (secondary N) is 1. The molecule has 0 bridgehead atoms. The minimum absolute atomic E-state index is 0.0728. The third-order valence-electron chi connectivity index (χ3n) is 4.48. The minimum Gasteiger partial charge on any atom is -0.375 e. The molecule has 1 aliphatic carbocycles. The van der Waals surface area contributed by atoms with E-state index < -0.39 is 0 Å². The molecule has 5 heteroatoms. The van der Waals surface area contributed by atoms with E-state index in [4.69, 9.17) is 9.47 Å². The van der Waals surface area contributed by atoms with Gasteiger partial charge < -0.3 is 14.8 Å². The summed E-state index contributed by atoms with van der Waals surface area (Å²) in [5.74, 6) is 0.513. The lowest BCUT2D eigenvalue weighted by atomic mass is 9.70. The monoisotopic (exact) mass is 321 g/mol. The number of carbonyl (C=O) groups excluding carboxylic acids is 1. The number of thioether (sulfide) groups is 1. The van der Waals surface area contributed by atoms with Crippen LogP contribution in [0.2, 0.25) is 0 Å². The van der Waals surface area contributed by atoms with Crippen LogP contribution in [-0.4, -0.2) is 42.6 Å². The number of benzene rings is 1. The molecule has 2 aliphatic rings. The number of rotatable bonds is 6. The first-order valence-electron chi connectivity index (χ1n) is 7.97. The molecule has 1 N–H and O–H groups in total. The molecule has 4 nitrogen and oxygen atoms in total. The number of ether oxygens (including phenoxy) is 2. The Kier molecular flexibility index (Phi) is 5.06. The second-order valence-electron chi connectivity index (χ2n) is 5.81. The fourth-order valence-corrected chi connectivity index (χ4v) is 4.11. The topological polar surface area (TPSA) is 47.6 Å². The zero-order valence-corrected chi connectivity index (χ0v) is 13.7. The Morgan fingerprint density at radius 3 is 2.95 bits per heavy atom. The quantitative estimate of drug-likeness (QED) is 0.818. The average Bonchev–Trinajstić information content (AvgIpc) is 3.06. The highest BCUT2D eigenvalue weighted by molar-refractivity contribution is 8.00. The smallest absolute Gasteiger partial charge is 0.230 e. The van der Waals surface area contributed by atoms with Gasteiger partial charge in [-0.25, -0.2) is 0 Å². The first-order chi connectivity index (χ1) is 10.7. The average molecular weight is 321 g/mol. The third-order valence-corrected chi connectivity index (χ3v) is 5.50. The molecule has 1 saturated heterocycles. The Morgan fingerprint density at radius 1 is 1.45 bits per heavy atom. The van der Waals surface area contributed by atoms with Gasteiger partial charge in [0.15, 0.2) is 0 Å². The molecule has 0 radical (unpaired) electrons. The van der Waals surface area contributed by atoms with Crippen molar-refractivity contribution in [2.45, 2.75) is 48.8 Å². The Labute approximate surface area is 135 Å². The molecule has 3 atom stereocenters. The fourth-order valence-electron chi connectivity index (χ4n) is 3.38. The summed E-state index contributed by atoms with van der Waals surface area (Å²) in [7, 11) is 0. The first-order valence-corrected chi connectivity index (χ1v) is 8.96. The van der Waals surface area contributed by atoms with Crippen molar-refractivity contribution in [3.63, 3.8) is 0 Å². The summed E-state index contributed by atoms with van der Waals surface area (Å²) in [5.41, 5.74) is -0.275. The highest BCUT2D eigenvalue weighted by Gasteiger charge is 2.59. The zero-order chi connectivity index (χ0) is 15.4. The molecule has 1 amide bonds. The lowest BCUT2D eigenvalue weighted by molar-refractivity contribution is -0.198. The van der Waals surface area contributed by atoms with Crippen molar-refractivity contribution in [1.29, 1.82) is 0 Å². The van der Waals surface area contributed by atoms with Crippen molar-refractivity contribution in [1.82, 2.24) is 5.32 Å². The van der Waals surface area contributed by atoms with E-state index in [1.54, 1.807) is 11.8 Å². The van der Waals surface area contributed by atoms with E-state index in [2.05, 4.69) is 5.32 Å². The van der Waals surface area contributed by atoms with E-state index in [0.717, 1.165) is 30.8 Å². The zero-order valence-electron chi connectivity index (χ0n) is 12.9. The van der Waals surface area contributed by atoms with Crippen LogP contribution in [0.3, 0.4) is 0 Å². The van der Waals surface area contributed by atoms with Gasteiger partial charge in [0.05, 0.1) is 17.9 Å². The maximum atomic E-state index is 12.2. The van der Waals surface area contributed by atoms with Crippen molar-refractivity contribution >= 4 is 17.7 Å². The summed E-state index contributed by atoms with van der Waals surface area (Å²) in [6, 6.07) is 10.1. The van der Waals surface area contributed by atoms with Crippen molar-refractivity contribution in [2.24, 2.45) is 0 Å². The van der Waals surface area contributed by atoms with Crippen LogP contribution in [0, 0.1) is 0 Å². The Morgan fingerprint density at radius 2 is 2.27 bits per heavy atom. The van der Waals surface area contributed by atoms with Crippen LogP contribution in [0.25, 0.3) is 0 Å². The summed E-state index contributed by atoms with van der Waals surface area (Å²) in [5, 5.41) is 3.14. The van der Waals surface area contributed by atoms with Crippen LogP contribution in [0.1, 0.15) is 26.2 Å². The lowest BCUT2D eigenvalue weighted by Gasteiger charge is -2.52. The van der Waals surface area contributed by atoms with Gasteiger partial charge in [0.25, 0.3) is 0 Å². The summed E-state index contributed by atoms with van der Waals surface area (Å²) in [6.07, 6.45) is 3.02. The van der Waals surface area contributed by atoms with Crippen LogP contribution in [0.15, 0.2) is 35.2 Å². The van der Waals surface area contributed by atoms with Crippen molar-refractivity contribution in [3.05, 3.63) is 30.3 Å². The fraction of sp³-hybridized carbons (Fsp3) is 0.588. The maximum Gasteiger partial charge on any atom is 0.230 e. The van der Waals surface area contributed by atoms with Gasteiger partial charge in [0, 0.05) is 18.1 Å². The van der Waals surface area contributed by atoms with Gasteiger partial charge in [-0.3, -0.25) is 4.79 Å². The standard InChI is InChI=1S/C17H23NO3S/c1-2-20-15-11-14(17(15)9-6-10-21-17)18-16(19)12-22-13-7-4-3-5-8-13/h3-5,7-8,14-15H,2,6,9-12H2,1H3,(H,18,19)/t14-,15-,17-/m1/s1. The Hall–Kier alpha value is -1.04. The predicted molar refractivity (Wildman–Crippen MR) is 87.0 cm³/mol. The number of amides is 1. The molecule has 0 unspecified atom stereocenters. The van der Waals surface area contributed by atoms with E-state index in [9.17, 15) is 4.79 Å². The third kappa shape index (κ3) is 3.16. The van der Waals surface area contributed by atoms with Gasteiger partial charge >= 0.3 is 0 Å². The molecule has 0 aromatic heterocycles. The molecule has 1 aromatic rings. The largest absolute Gasteiger partial charge is 0.375 e. The SMILES string of the molecule is CCO[C@@H]1C[C@@H](NC(=O)CSc2ccccc2)[C@]12CCCO2. The number of carbonyl (C=O) groups is 1. The number of hydrogen-bond donors (Lipinski definition) is 1. The van der Waals surface area contributed by atoms with Crippen LogP contribution >= 0.6 is 11.8 Å². The summed E-state index contributed by atoms with van der Waals surface area (Å²) in [4.78, 5) is 13.3. The number of hydrogen-bond acceptors (Lipinski definition) is 4. The molecule has 1 aromatic carbocycles. The molecule has 120 valence electrons. The van der Waals surface area contributed by atoms with Gasteiger partial charge in [-0.2, -0.15) is 0 Å².